The first-order valence-corrected chi connectivity index (χ1v) is 11.2. The quantitative estimate of drug-likeness (QED) is 0.504. The summed E-state index contributed by atoms with van der Waals surface area (Å²) in [5.74, 6) is -0.0522. The lowest BCUT2D eigenvalue weighted by Gasteiger charge is -2.31. The maximum Gasteiger partial charge on any atom is 0.212 e. The maximum absolute atomic E-state index is 14.2. The van der Waals surface area contributed by atoms with Gasteiger partial charge in [-0.25, -0.2) is 4.39 Å². The van der Waals surface area contributed by atoms with Gasteiger partial charge in [-0.05, 0) is 85.7 Å². The molecule has 168 valence electrons. The average Bonchev–Trinajstić information content (AvgIpc) is 3.15. The molecule has 0 N–H and O–H groups in total. The average molecular weight is 444 g/mol. The third-order valence-electron chi connectivity index (χ3n) is 6.98. The van der Waals surface area contributed by atoms with Gasteiger partial charge in [0.25, 0.3) is 0 Å². The van der Waals surface area contributed by atoms with E-state index in [1.54, 1.807) is 19.2 Å². The fraction of sp³-hybridized carbons (Fsp3) is 0.286. The van der Waals surface area contributed by atoms with Crippen LogP contribution in [0, 0.1) is 19.7 Å². The molecule has 0 bridgehead atoms. The number of carbonyl (C=O) groups is 1. The molecule has 0 amide bonds. The van der Waals surface area contributed by atoms with E-state index in [1.165, 1.54) is 17.7 Å². The minimum atomic E-state index is -1.15. The van der Waals surface area contributed by atoms with Crippen LogP contribution in [0.15, 0.2) is 65.8 Å². The topological polar surface area (TPSA) is 47.9 Å². The molecule has 1 heterocycles. The van der Waals surface area contributed by atoms with Gasteiger partial charge in [0.1, 0.15) is 11.6 Å². The minimum Gasteiger partial charge on any atom is -0.497 e. The molecule has 4 nitrogen and oxygen atoms in total. The Morgan fingerprint density at radius 3 is 2.42 bits per heavy atom. The third-order valence-corrected chi connectivity index (χ3v) is 6.98. The summed E-state index contributed by atoms with van der Waals surface area (Å²) in [7, 11) is 1.62. The lowest BCUT2D eigenvalue weighted by atomic mass is 9.72. The number of hydrogen-bond donors (Lipinski definition) is 0. The summed E-state index contributed by atoms with van der Waals surface area (Å²) in [4.78, 5) is 20.3. The number of rotatable bonds is 3. The highest BCUT2D eigenvalue weighted by atomic mass is 19.1. The predicted octanol–water partition coefficient (Wildman–Crippen LogP) is 5.93. The highest BCUT2D eigenvalue weighted by Gasteiger charge is 2.56. The van der Waals surface area contributed by atoms with Crippen LogP contribution in [0.5, 0.6) is 5.75 Å². The van der Waals surface area contributed by atoms with Crippen molar-refractivity contribution in [2.45, 2.75) is 44.6 Å². The molecule has 3 aromatic carbocycles. The zero-order valence-corrected chi connectivity index (χ0v) is 19.0. The van der Waals surface area contributed by atoms with Crippen molar-refractivity contribution in [3.63, 3.8) is 0 Å². The van der Waals surface area contributed by atoms with E-state index in [2.05, 4.69) is 18.1 Å². The number of aryl methyl sites for hydroxylation is 3. The van der Waals surface area contributed by atoms with E-state index in [-0.39, 0.29) is 11.6 Å². The van der Waals surface area contributed by atoms with Gasteiger partial charge in [-0.15, -0.1) is 0 Å². The zero-order chi connectivity index (χ0) is 23.2. The highest BCUT2D eigenvalue weighted by molar-refractivity contribution is 6.14. The Labute approximate surface area is 193 Å². The van der Waals surface area contributed by atoms with Gasteiger partial charge in [0.05, 0.1) is 18.7 Å². The molecule has 0 saturated carbocycles. The number of fused-ring (bicyclic) bond motifs is 1. The second kappa shape index (κ2) is 8.14. The monoisotopic (exact) mass is 443 g/mol. The normalized spacial score (nSPS) is 21.9. The molecule has 33 heavy (non-hydrogen) atoms. The van der Waals surface area contributed by atoms with Crippen LogP contribution in [0.25, 0.3) is 0 Å². The summed E-state index contributed by atoms with van der Waals surface area (Å²) < 4.78 is 19.0. The Morgan fingerprint density at radius 1 is 1.03 bits per heavy atom. The van der Waals surface area contributed by atoms with Gasteiger partial charge in [0, 0.05) is 11.1 Å². The number of methoxy groups -OCH3 is 1. The van der Waals surface area contributed by atoms with E-state index in [9.17, 15) is 9.18 Å². The number of carbonyl (C=O) groups excluding carboxylic acids is 1. The molecule has 2 unspecified atom stereocenters. The molecule has 3 aromatic rings. The van der Waals surface area contributed by atoms with E-state index in [1.807, 2.05) is 37.3 Å². The van der Waals surface area contributed by atoms with Crippen LogP contribution in [-0.4, -0.2) is 24.2 Å². The van der Waals surface area contributed by atoms with Crippen molar-refractivity contribution in [2.24, 2.45) is 5.16 Å². The molecule has 2 aliphatic rings. The van der Waals surface area contributed by atoms with Gasteiger partial charge in [0.2, 0.25) is 11.4 Å². The van der Waals surface area contributed by atoms with E-state index >= 15 is 0 Å². The first kappa shape index (κ1) is 21.4. The van der Waals surface area contributed by atoms with Crippen LogP contribution in [0.3, 0.4) is 0 Å². The molecule has 0 fully saturated rings. The summed E-state index contributed by atoms with van der Waals surface area (Å²) in [5, 5.41) is 4.46. The lowest BCUT2D eigenvalue weighted by molar-refractivity contribution is -0.0170. The van der Waals surface area contributed by atoms with Crippen LogP contribution in [0.1, 0.15) is 56.9 Å². The third kappa shape index (κ3) is 3.52. The van der Waals surface area contributed by atoms with E-state index in [4.69, 9.17) is 9.57 Å². The summed E-state index contributed by atoms with van der Waals surface area (Å²) in [5.41, 5.74) is 5.18. The highest BCUT2D eigenvalue weighted by Crippen LogP contribution is 2.47. The first-order chi connectivity index (χ1) is 15.9. The van der Waals surface area contributed by atoms with Crippen LogP contribution >= 0.6 is 0 Å². The largest absolute Gasteiger partial charge is 0.497 e. The van der Waals surface area contributed by atoms with Crippen molar-refractivity contribution >= 4 is 11.5 Å². The molecule has 1 aliphatic carbocycles. The fourth-order valence-corrected chi connectivity index (χ4v) is 5.06. The molecular weight excluding hydrogens is 417 g/mol. The summed E-state index contributed by atoms with van der Waals surface area (Å²) in [6.07, 6.45) is 2.16. The van der Waals surface area contributed by atoms with E-state index in [0.717, 1.165) is 40.8 Å². The Bertz CT molecular complexity index is 1250. The number of nitrogens with zero attached hydrogens (tertiary/aromatic N) is 1. The van der Waals surface area contributed by atoms with E-state index < -0.39 is 11.5 Å². The SMILES string of the molecule is COc1ccc(C2C(c3ccc(F)cc3)=NOC23CCCc2cc(C)c(C)cc2C3=O)cc1. The van der Waals surface area contributed by atoms with E-state index in [0.29, 0.717) is 17.7 Å². The second-order valence-corrected chi connectivity index (χ2v) is 8.95. The smallest absolute Gasteiger partial charge is 0.212 e. The molecule has 1 spiro atoms. The summed E-state index contributed by atoms with van der Waals surface area (Å²) >= 11 is 0. The number of ketones is 1. The van der Waals surface area contributed by atoms with Gasteiger partial charge in [-0.3, -0.25) is 4.79 Å². The van der Waals surface area contributed by atoms with Gasteiger partial charge in [0.15, 0.2) is 0 Å². The second-order valence-electron chi connectivity index (χ2n) is 8.95. The number of ether oxygens (including phenoxy) is 1. The van der Waals surface area contributed by atoms with Crippen LogP contribution in [0.4, 0.5) is 4.39 Å². The van der Waals surface area contributed by atoms with Crippen molar-refractivity contribution in [3.05, 3.63) is 99.9 Å². The van der Waals surface area contributed by atoms with Crippen LogP contribution in [-0.2, 0) is 11.3 Å². The Morgan fingerprint density at radius 2 is 1.73 bits per heavy atom. The van der Waals surface area contributed by atoms with Crippen LogP contribution in [0.2, 0.25) is 0 Å². The van der Waals surface area contributed by atoms with Crippen molar-refractivity contribution in [1.29, 1.82) is 0 Å². The maximum atomic E-state index is 14.2. The summed E-state index contributed by atoms with van der Waals surface area (Å²) in [6, 6.07) is 18.0. The number of Topliss-reactive ketones (excluding diaryl/α,β-unsaturated/α-hetero) is 1. The van der Waals surface area contributed by atoms with Gasteiger partial charge < -0.3 is 9.57 Å². The molecule has 5 heteroatoms. The van der Waals surface area contributed by atoms with Crippen molar-refractivity contribution in [1.82, 2.24) is 0 Å². The van der Waals surface area contributed by atoms with Gasteiger partial charge in [-0.1, -0.05) is 35.5 Å². The fourth-order valence-electron chi connectivity index (χ4n) is 5.06. The molecular formula is C28H26FNO3. The van der Waals surface area contributed by atoms with Crippen molar-refractivity contribution in [2.75, 3.05) is 7.11 Å². The number of oxime groups is 1. The Balaban J connectivity index is 1.67. The molecule has 5 rings (SSSR count). The molecule has 2 atom stereocenters. The van der Waals surface area contributed by atoms with Gasteiger partial charge in [-0.2, -0.15) is 0 Å². The minimum absolute atomic E-state index is 0.0419. The van der Waals surface area contributed by atoms with Crippen molar-refractivity contribution in [3.8, 4) is 5.75 Å². The number of halogens is 1. The Hall–Kier alpha value is -3.47. The lowest BCUT2D eigenvalue weighted by Crippen LogP contribution is -2.45. The van der Waals surface area contributed by atoms with Gasteiger partial charge >= 0.3 is 0 Å². The molecule has 0 saturated heterocycles. The van der Waals surface area contributed by atoms with Crippen LogP contribution < -0.4 is 4.74 Å². The number of benzene rings is 3. The predicted molar refractivity (Wildman–Crippen MR) is 126 cm³/mol. The standard InChI is InChI=1S/C28H26FNO3/c1-17-15-21-5-4-14-28(27(31)24(21)16-18(17)2)25(19-8-12-23(32-3)13-9-19)26(30-33-28)20-6-10-22(29)11-7-20/h6-13,15-16,25H,4-5,14H2,1-3H3. The Kier molecular flexibility index (Phi) is 5.28. The molecule has 0 aromatic heterocycles. The number of hydrogen-bond acceptors (Lipinski definition) is 4. The first-order valence-electron chi connectivity index (χ1n) is 11.2. The molecule has 1 aliphatic heterocycles. The molecule has 0 radical (unpaired) electrons. The summed E-state index contributed by atoms with van der Waals surface area (Å²) in [6.45, 7) is 4.10. The van der Waals surface area contributed by atoms with Crippen molar-refractivity contribution < 1.29 is 18.8 Å². The zero-order valence-electron chi connectivity index (χ0n) is 19.0.